The molecule has 1 saturated heterocycles. The lowest BCUT2D eigenvalue weighted by atomic mass is 9.87. The monoisotopic (exact) mass is 224 g/mol. The Morgan fingerprint density at radius 2 is 1.88 bits per heavy atom. The predicted molar refractivity (Wildman–Crippen MR) is 71.5 cm³/mol. The van der Waals surface area contributed by atoms with Crippen LogP contribution in [0.15, 0.2) is 12.2 Å². The second-order valence-corrected chi connectivity index (χ2v) is 5.80. The molecule has 0 spiro atoms. The first kappa shape index (κ1) is 13.7. The van der Waals surface area contributed by atoms with Crippen LogP contribution in [-0.4, -0.2) is 29.6 Å². The van der Waals surface area contributed by atoms with E-state index in [-0.39, 0.29) is 11.6 Å². The average molecular weight is 224 g/mol. The van der Waals surface area contributed by atoms with Crippen LogP contribution in [0.4, 0.5) is 0 Å². The molecule has 1 aliphatic rings. The van der Waals surface area contributed by atoms with Gasteiger partial charge >= 0.3 is 0 Å². The summed E-state index contributed by atoms with van der Waals surface area (Å²) in [5, 5.41) is 0. The molecule has 0 aliphatic carbocycles. The second-order valence-electron chi connectivity index (χ2n) is 5.80. The fourth-order valence-electron chi connectivity index (χ4n) is 2.46. The Kier molecular flexibility index (Phi) is 5.00. The summed E-state index contributed by atoms with van der Waals surface area (Å²) < 4.78 is 0. The van der Waals surface area contributed by atoms with E-state index in [0.717, 1.165) is 12.8 Å². The predicted octanol–water partition coefficient (Wildman–Crippen LogP) is 2.93. The van der Waals surface area contributed by atoms with E-state index >= 15 is 0 Å². The van der Waals surface area contributed by atoms with Crippen LogP contribution >= 0.6 is 0 Å². The molecule has 1 rings (SSSR count). The Morgan fingerprint density at radius 1 is 1.31 bits per heavy atom. The quantitative estimate of drug-likeness (QED) is 0.728. The highest BCUT2D eigenvalue weighted by Crippen LogP contribution is 2.25. The fraction of sp³-hybridized carbons (Fsp3) is 0.857. The molecule has 0 aromatic rings. The lowest BCUT2D eigenvalue weighted by Gasteiger charge is -2.44. The second kappa shape index (κ2) is 5.83. The van der Waals surface area contributed by atoms with E-state index in [1.54, 1.807) is 0 Å². The molecule has 2 nitrogen and oxygen atoms in total. The van der Waals surface area contributed by atoms with Crippen LogP contribution < -0.4 is 5.73 Å². The minimum Gasteiger partial charge on any atom is -0.326 e. The summed E-state index contributed by atoms with van der Waals surface area (Å²) in [5.41, 5.74) is 7.72. The van der Waals surface area contributed by atoms with E-state index in [1.807, 2.05) is 0 Å². The van der Waals surface area contributed by atoms with Crippen molar-refractivity contribution in [2.45, 2.75) is 64.5 Å². The molecule has 2 heteroatoms. The number of piperidine rings is 1. The van der Waals surface area contributed by atoms with Gasteiger partial charge < -0.3 is 5.73 Å². The molecular weight excluding hydrogens is 196 g/mol. The van der Waals surface area contributed by atoms with E-state index < -0.39 is 0 Å². The van der Waals surface area contributed by atoms with Gasteiger partial charge in [0.2, 0.25) is 0 Å². The molecule has 1 heterocycles. The molecule has 0 aromatic carbocycles. The SMILES string of the molecule is C=C(C)CCC(N)C(C)(C)N1CCCCC1. The van der Waals surface area contributed by atoms with Gasteiger partial charge in [0.1, 0.15) is 0 Å². The van der Waals surface area contributed by atoms with Crippen molar-refractivity contribution in [3.63, 3.8) is 0 Å². The number of rotatable bonds is 5. The van der Waals surface area contributed by atoms with Crippen molar-refractivity contribution in [2.24, 2.45) is 5.73 Å². The Bertz CT molecular complexity index is 227. The fourth-order valence-corrected chi connectivity index (χ4v) is 2.46. The van der Waals surface area contributed by atoms with Crippen molar-refractivity contribution in [1.29, 1.82) is 0 Å². The van der Waals surface area contributed by atoms with Crippen LogP contribution in [0.2, 0.25) is 0 Å². The van der Waals surface area contributed by atoms with Gasteiger partial charge in [0.25, 0.3) is 0 Å². The van der Waals surface area contributed by atoms with Gasteiger partial charge in [-0.15, -0.1) is 6.58 Å². The van der Waals surface area contributed by atoms with Gasteiger partial charge in [-0.3, -0.25) is 4.90 Å². The van der Waals surface area contributed by atoms with Crippen LogP contribution in [0, 0.1) is 0 Å². The van der Waals surface area contributed by atoms with Gasteiger partial charge in [0.15, 0.2) is 0 Å². The molecule has 1 atom stereocenters. The standard InChI is InChI=1S/C14H28N2/c1-12(2)8-9-13(15)14(3,4)16-10-6-5-7-11-16/h13H,1,5-11,15H2,2-4H3. The van der Waals surface area contributed by atoms with Crippen molar-refractivity contribution in [1.82, 2.24) is 4.90 Å². The largest absolute Gasteiger partial charge is 0.326 e. The van der Waals surface area contributed by atoms with Gasteiger partial charge in [0.05, 0.1) is 0 Å². The van der Waals surface area contributed by atoms with E-state index in [0.29, 0.717) is 0 Å². The topological polar surface area (TPSA) is 29.3 Å². The number of likely N-dealkylation sites (tertiary alicyclic amines) is 1. The van der Waals surface area contributed by atoms with Crippen LogP contribution in [0.1, 0.15) is 52.9 Å². The Labute approximate surface area is 101 Å². The normalized spacial score (nSPS) is 20.8. The molecular formula is C14H28N2. The lowest BCUT2D eigenvalue weighted by molar-refractivity contribution is 0.0707. The summed E-state index contributed by atoms with van der Waals surface area (Å²) in [7, 11) is 0. The highest BCUT2D eigenvalue weighted by Gasteiger charge is 2.33. The maximum absolute atomic E-state index is 6.35. The molecule has 0 bridgehead atoms. The number of allylic oxidation sites excluding steroid dienone is 1. The first-order chi connectivity index (χ1) is 7.44. The van der Waals surface area contributed by atoms with Crippen LogP contribution in [0.5, 0.6) is 0 Å². The summed E-state index contributed by atoms with van der Waals surface area (Å²) >= 11 is 0. The number of nitrogens with two attached hydrogens (primary N) is 1. The molecule has 94 valence electrons. The molecule has 0 amide bonds. The smallest absolute Gasteiger partial charge is 0.0304 e. The number of nitrogens with zero attached hydrogens (tertiary/aromatic N) is 1. The number of hydrogen-bond donors (Lipinski definition) is 1. The van der Waals surface area contributed by atoms with Gasteiger partial charge in [-0.1, -0.05) is 12.0 Å². The minimum absolute atomic E-state index is 0.135. The van der Waals surface area contributed by atoms with Crippen LogP contribution in [0.25, 0.3) is 0 Å². The third-order valence-corrected chi connectivity index (χ3v) is 3.96. The molecule has 0 aromatic heterocycles. The zero-order valence-corrected chi connectivity index (χ0v) is 11.3. The van der Waals surface area contributed by atoms with E-state index in [4.69, 9.17) is 5.73 Å². The van der Waals surface area contributed by atoms with E-state index in [2.05, 4.69) is 32.3 Å². The highest BCUT2D eigenvalue weighted by molar-refractivity contribution is 4.96. The van der Waals surface area contributed by atoms with Crippen LogP contribution in [0.3, 0.4) is 0 Å². The van der Waals surface area contributed by atoms with Gasteiger partial charge in [-0.25, -0.2) is 0 Å². The van der Waals surface area contributed by atoms with Crippen molar-refractivity contribution >= 4 is 0 Å². The third-order valence-electron chi connectivity index (χ3n) is 3.96. The molecule has 2 N–H and O–H groups in total. The van der Waals surface area contributed by atoms with Crippen molar-refractivity contribution < 1.29 is 0 Å². The molecule has 0 saturated carbocycles. The van der Waals surface area contributed by atoms with E-state index in [9.17, 15) is 0 Å². The summed E-state index contributed by atoms with van der Waals surface area (Å²) in [6.45, 7) is 13.1. The lowest BCUT2D eigenvalue weighted by Crippen LogP contribution is -2.57. The van der Waals surface area contributed by atoms with Crippen molar-refractivity contribution in [3.05, 3.63) is 12.2 Å². The zero-order valence-electron chi connectivity index (χ0n) is 11.3. The van der Waals surface area contributed by atoms with Gasteiger partial charge in [-0.05, 0) is 59.5 Å². The molecule has 1 fully saturated rings. The molecule has 1 unspecified atom stereocenters. The van der Waals surface area contributed by atoms with Crippen molar-refractivity contribution in [3.8, 4) is 0 Å². The van der Waals surface area contributed by atoms with Gasteiger partial charge in [0, 0.05) is 11.6 Å². The summed E-state index contributed by atoms with van der Waals surface area (Å²) in [4.78, 5) is 2.57. The Balaban J connectivity index is 2.49. The van der Waals surface area contributed by atoms with Crippen LogP contribution in [-0.2, 0) is 0 Å². The summed E-state index contributed by atoms with van der Waals surface area (Å²) in [5.74, 6) is 0. The summed E-state index contributed by atoms with van der Waals surface area (Å²) in [6, 6.07) is 0.252. The Morgan fingerprint density at radius 3 is 2.38 bits per heavy atom. The molecule has 16 heavy (non-hydrogen) atoms. The Hall–Kier alpha value is -0.340. The minimum atomic E-state index is 0.135. The average Bonchev–Trinajstić information content (AvgIpc) is 2.27. The highest BCUT2D eigenvalue weighted by atomic mass is 15.2. The first-order valence-corrected chi connectivity index (χ1v) is 6.59. The zero-order chi connectivity index (χ0) is 12.2. The van der Waals surface area contributed by atoms with Crippen molar-refractivity contribution in [2.75, 3.05) is 13.1 Å². The van der Waals surface area contributed by atoms with Gasteiger partial charge in [-0.2, -0.15) is 0 Å². The summed E-state index contributed by atoms with van der Waals surface area (Å²) in [6.07, 6.45) is 6.15. The third kappa shape index (κ3) is 3.60. The number of hydrogen-bond acceptors (Lipinski definition) is 2. The molecule has 1 aliphatic heterocycles. The van der Waals surface area contributed by atoms with E-state index in [1.165, 1.54) is 37.9 Å². The maximum atomic E-state index is 6.35. The maximum Gasteiger partial charge on any atom is 0.0304 e. The first-order valence-electron chi connectivity index (χ1n) is 6.59. The molecule has 0 radical (unpaired) electrons.